The van der Waals surface area contributed by atoms with Crippen LogP contribution in [0.2, 0.25) is 0 Å². The molecule has 0 atom stereocenters. The summed E-state index contributed by atoms with van der Waals surface area (Å²) in [5, 5.41) is 9.59. The number of fused-ring (bicyclic) bond motifs is 4. The Bertz CT molecular complexity index is 2010. The van der Waals surface area contributed by atoms with Crippen molar-refractivity contribution in [3.05, 3.63) is 121 Å². The fraction of sp³-hybridized carbons (Fsp3) is 0.0606. The van der Waals surface area contributed by atoms with Crippen LogP contribution in [0.25, 0.3) is 27.5 Å². The van der Waals surface area contributed by atoms with Gasteiger partial charge in [-0.25, -0.2) is 4.98 Å². The minimum atomic E-state index is -0.102. The number of ether oxygens (including phenoxy) is 1. The number of rotatable bonds is 7. The molecule has 0 bridgehead atoms. The molecule has 4 aromatic carbocycles. The van der Waals surface area contributed by atoms with E-state index in [1.54, 1.807) is 24.0 Å². The zero-order valence-electron chi connectivity index (χ0n) is 22.2. The maximum absolute atomic E-state index is 12.8. The first-order chi connectivity index (χ1) is 20.2. The molecule has 41 heavy (non-hydrogen) atoms. The summed E-state index contributed by atoms with van der Waals surface area (Å²) in [6, 6.07) is 33.1. The quantitative estimate of drug-likeness (QED) is 0.229. The topological polar surface area (TPSA) is 84.9 Å². The molecule has 0 radical (unpaired) electrons. The van der Waals surface area contributed by atoms with Crippen molar-refractivity contribution in [2.24, 2.45) is 0 Å². The van der Waals surface area contributed by atoms with Crippen LogP contribution in [0, 0.1) is 0 Å². The smallest absolute Gasteiger partial charge is 0.236 e. The molecule has 0 aliphatic carbocycles. The molecule has 8 heteroatoms. The van der Waals surface area contributed by atoms with Crippen molar-refractivity contribution >= 4 is 56.4 Å². The predicted molar refractivity (Wildman–Crippen MR) is 160 cm³/mol. The Morgan fingerprint density at radius 1 is 0.878 bits per heavy atom. The number of carbonyl (C=O) groups is 1. The maximum Gasteiger partial charge on any atom is 0.236 e. The van der Waals surface area contributed by atoms with E-state index >= 15 is 0 Å². The third kappa shape index (κ3) is 4.51. The van der Waals surface area contributed by atoms with Crippen molar-refractivity contribution in [2.45, 2.75) is 6.42 Å². The first-order valence-electron chi connectivity index (χ1n) is 13.2. The second-order valence-electron chi connectivity index (χ2n) is 9.62. The van der Waals surface area contributed by atoms with Gasteiger partial charge in [0.2, 0.25) is 11.9 Å². The predicted octanol–water partition coefficient (Wildman–Crippen LogP) is 7.29. The molecule has 0 aliphatic rings. The average Bonchev–Trinajstić information content (AvgIpc) is 3.64. The van der Waals surface area contributed by atoms with Crippen molar-refractivity contribution in [1.82, 2.24) is 14.6 Å². The average molecular weight is 540 g/mol. The summed E-state index contributed by atoms with van der Waals surface area (Å²) in [5.74, 6) is 1.26. The van der Waals surface area contributed by atoms with Crippen LogP contribution in [0.15, 0.2) is 120 Å². The first-order valence-corrected chi connectivity index (χ1v) is 13.2. The molecule has 1 amide bonds. The van der Waals surface area contributed by atoms with Crippen molar-refractivity contribution in [3.8, 4) is 5.75 Å². The second kappa shape index (κ2) is 10.2. The fourth-order valence-corrected chi connectivity index (χ4v) is 5.09. The molecular weight excluding hydrogens is 514 g/mol. The summed E-state index contributed by atoms with van der Waals surface area (Å²) in [6.07, 6.45) is 3.78. The van der Waals surface area contributed by atoms with E-state index in [2.05, 4.69) is 22.5 Å². The molecule has 3 heterocycles. The highest BCUT2D eigenvalue weighted by atomic mass is 16.5. The lowest BCUT2D eigenvalue weighted by Crippen LogP contribution is -2.17. The van der Waals surface area contributed by atoms with Crippen LogP contribution in [0.5, 0.6) is 5.75 Å². The fourth-order valence-electron chi connectivity index (χ4n) is 5.09. The summed E-state index contributed by atoms with van der Waals surface area (Å²) in [7, 11) is 1.62. The van der Waals surface area contributed by atoms with Crippen LogP contribution in [0.1, 0.15) is 5.56 Å². The third-order valence-corrected chi connectivity index (χ3v) is 7.05. The van der Waals surface area contributed by atoms with Crippen molar-refractivity contribution < 1.29 is 13.9 Å². The zero-order valence-corrected chi connectivity index (χ0v) is 22.2. The molecule has 0 saturated carbocycles. The number of hydrogen-bond acceptors (Lipinski definition) is 6. The molecule has 7 rings (SSSR count). The van der Waals surface area contributed by atoms with Crippen molar-refractivity contribution in [1.29, 1.82) is 0 Å². The normalized spacial score (nSPS) is 11.2. The SMILES string of the molecule is COc1ccc(CC(=O)Nc2ccc(N(c3cccc4c3oc3ccccc34)c3nccc4ccnn34)cc2)cc1. The highest BCUT2D eigenvalue weighted by molar-refractivity contribution is 6.10. The van der Waals surface area contributed by atoms with Gasteiger partial charge >= 0.3 is 0 Å². The number of aromatic nitrogens is 3. The van der Waals surface area contributed by atoms with Gasteiger partial charge in [0, 0.05) is 28.3 Å². The number of furan rings is 1. The monoisotopic (exact) mass is 539 g/mol. The minimum Gasteiger partial charge on any atom is -0.497 e. The molecule has 8 nitrogen and oxygen atoms in total. The second-order valence-corrected chi connectivity index (χ2v) is 9.62. The summed E-state index contributed by atoms with van der Waals surface area (Å²) in [6.45, 7) is 0. The van der Waals surface area contributed by atoms with Gasteiger partial charge < -0.3 is 14.5 Å². The number of carbonyl (C=O) groups excluding carboxylic acids is 1. The number of benzene rings is 4. The number of hydrogen-bond donors (Lipinski definition) is 1. The van der Waals surface area contributed by atoms with Gasteiger partial charge in [-0.3, -0.25) is 9.69 Å². The van der Waals surface area contributed by atoms with Gasteiger partial charge in [0.1, 0.15) is 11.3 Å². The summed E-state index contributed by atoms with van der Waals surface area (Å²) in [4.78, 5) is 19.5. The third-order valence-electron chi connectivity index (χ3n) is 7.05. The Morgan fingerprint density at radius 2 is 1.66 bits per heavy atom. The summed E-state index contributed by atoms with van der Waals surface area (Å²) in [5.41, 5.74) is 5.74. The van der Waals surface area contributed by atoms with Crippen LogP contribution in [0.4, 0.5) is 23.0 Å². The van der Waals surface area contributed by atoms with E-state index in [0.717, 1.165) is 50.1 Å². The van der Waals surface area contributed by atoms with Crippen LogP contribution in [0.3, 0.4) is 0 Å². The van der Waals surface area contributed by atoms with Gasteiger partial charge in [0.15, 0.2) is 5.58 Å². The number of methoxy groups -OCH3 is 1. The Kier molecular flexibility index (Phi) is 6.05. The molecule has 0 fully saturated rings. The van der Waals surface area contributed by atoms with E-state index < -0.39 is 0 Å². The van der Waals surface area contributed by atoms with Crippen LogP contribution in [-0.2, 0) is 11.2 Å². The van der Waals surface area contributed by atoms with Crippen LogP contribution < -0.4 is 15.0 Å². The largest absolute Gasteiger partial charge is 0.497 e. The molecular formula is C33H25N5O3. The lowest BCUT2D eigenvalue weighted by Gasteiger charge is -2.24. The molecule has 0 aliphatic heterocycles. The standard InChI is InChI=1S/C33H25N5O3/c1-40-26-15-9-22(10-16-26)21-31(39)36-23-11-13-24(14-12-23)37(33-34-19-17-25-18-20-35-38(25)33)29-7-4-6-28-27-5-2-3-8-30(27)41-32(28)29/h2-20H,21H2,1H3,(H,36,39). The molecule has 3 aromatic heterocycles. The number of amides is 1. The number of nitrogens with one attached hydrogen (secondary N) is 1. The molecule has 0 unspecified atom stereocenters. The van der Waals surface area contributed by atoms with Gasteiger partial charge in [0.05, 0.1) is 30.9 Å². The van der Waals surface area contributed by atoms with E-state index in [-0.39, 0.29) is 12.3 Å². The number of para-hydroxylation sites is 2. The van der Waals surface area contributed by atoms with E-state index in [0.29, 0.717) is 11.6 Å². The van der Waals surface area contributed by atoms with E-state index in [1.807, 2.05) is 95.9 Å². The molecule has 0 spiro atoms. The number of nitrogens with zero attached hydrogens (tertiary/aromatic N) is 4. The Hall–Kier alpha value is -5.63. The molecule has 1 N–H and O–H groups in total. The van der Waals surface area contributed by atoms with E-state index in [9.17, 15) is 4.79 Å². The molecule has 7 aromatic rings. The highest BCUT2D eigenvalue weighted by Gasteiger charge is 2.22. The Morgan fingerprint density at radius 3 is 2.49 bits per heavy atom. The lowest BCUT2D eigenvalue weighted by atomic mass is 10.1. The Labute approximate surface area is 235 Å². The summed E-state index contributed by atoms with van der Waals surface area (Å²) >= 11 is 0. The van der Waals surface area contributed by atoms with E-state index in [1.165, 1.54) is 0 Å². The number of anilines is 4. The van der Waals surface area contributed by atoms with Gasteiger partial charge in [-0.1, -0.05) is 42.5 Å². The molecule has 200 valence electrons. The van der Waals surface area contributed by atoms with Crippen molar-refractivity contribution in [2.75, 3.05) is 17.3 Å². The van der Waals surface area contributed by atoms with Crippen LogP contribution in [-0.4, -0.2) is 27.6 Å². The van der Waals surface area contributed by atoms with Gasteiger partial charge in [-0.15, -0.1) is 0 Å². The van der Waals surface area contributed by atoms with Gasteiger partial charge in [-0.05, 0) is 66.2 Å². The van der Waals surface area contributed by atoms with Crippen LogP contribution >= 0.6 is 0 Å². The maximum atomic E-state index is 12.8. The lowest BCUT2D eigenvalue weighted by molar-refractivity contribution is -0.115. The zero-order chi connectivity index (χ0) is 27.8. The minimum absolute atomic E-state index is 0.102. The van der Waals surface area contributed by atoms with Gasteiger partial charge in [-0.2, -0.15) is 9.61 Å². The highest BCUT2D eigenvalue weighted by Crippen LogP contribution is 2.41. The summed E-state index contributed by atoms with van der Waals surface area (Å²) < 4.78 is 13.4. The van der Waals surface area contributed by atoms with Gasteiger partial charge in [0.25, 0.3) is 0 Å². The van der Waals surface area contributed by atoms with Crippen molar-refractivity contribution in [3.63, 3.8) is 0 Å². The first kappa shape index (κ1) is 24.4. The molecule has 0 saturated heterocycles. The Balaban J connectivity index is 1.26. The van der Waals surface area contributed by atoms with E-state index in [4.69, 9.17) is 14.1 Å².